The zero-order valence-corrected chi connectivity index (χ0v) is 17.1. The van der Waals surface area contributed by atoms with E-state index in [0.717, 1.165) is 17.0 Å². The van der Waals surface area contributed by atoms with E-state index in [0.29, 0.717) is 30.8 Å². The number of halogens is 1. The molecule has 0 spiro atoms. The van der Waals surface area contributed by atoms with E-state index >= 15 is 0 Å². The van der Waals surface area contributed by atoms with Gasteiger partial charge in [-0.15, -0.1) is 0 Å². The maximum atomic E-state index is 13.1. The van der Waals surface area contributed by atoms with Gasteiger partial charge >= 0.3 is 0 Å². The van der Waals surface area contributed by atoms with Crippen LogP contribution in [0, 0.1) is 31.0 Å². The van der Waals surface area contributed by atoms with Crippen LogP contribution in [0.5, 0.6) is 0 Å². The fourth-order valence-corrected chi connectivity index (χ4v) is 3.21. The Kier molecular flexibility index (Phi) is 6.57. The molecule has 1 aromatic carbocycles. The number of carbonyl (C=O) groups excluding carboxylic acids is 1. The fourth-order valence-electron chi connectivity index (χ4n) is 3.21. The van der Waals surface area contributed by atoms with Crippen LogP contribution in [-0.4, -0.2) is 25.8 Å². The van der Waals surface area contributed by atoms with Crippen molar-refractivity contribution in [1.29, 1.82) is 5.26 Å². The number of hydrogen-bond donors (Lipinski definition) is 1. The monoisotopic (exact) mass is 410 g/mol. The number of amides is 1. The van der Waals surface area contributed by atoms with Crippen molar-refractivity contribution in [1.82, 2.24) is 25.2 Å². The summed E-state index contributed by atoms with van der Waals surface area (Å²) in [6, 6.07) is 7.43. The Hall–Kier alpha value is -3.54. The summed E-state index contributed by atoms with van der Waals surface area (Å²) in [4.78, 5) is 16.7. The standard InChI is InChI=1S/C21H23FN6O2/c1-13-18(15(3)28(26-13)12-4-11-23)9-10-19(29)24-14(2)21-25-20(27-30-21)16-5-7-17(22)8-6-16/h5-8,14H,4,9-10,12H2,1-3H3,(H,24,29). The molecule has 1 N–H and O–H groups in total. The highest BCUT2D eigenvalue weighted by molar-refractivity contribution is 5.76. The van der Waals surface area contributed by atoms with Gasteiger partial charge in [-0.1, -0.05) is 5.16 Å². The molecular weight excluding hydrogens is 387 g/mol. The van der Waals surface area contributed by atoms with Crippen LogP contribution in [0.4, 0.5) is 4.39 Å². The van der Waals surface area contributed by atoms with E-state index in [1.807, 2.05) is 18.5 Å². The number of nitrogens with one attached hydrogen (secondary N) is 1. The van der Waals surface area contributed by atoms with Crippen LogP contribution in [0.15, 0.2) is 28.8 Å². The highest BCUT2D eigenvalue weighted by atomic mass is 19.1. The number of carbonyl (C=O) groups is 1. The van der Waals surface area contributed by atoms with Crippen LogP contribution in [0.1, 0.15) is 48.6 Å². The molecule has 3 rings (SSSR count). The highest BCUT2D eigenvalue weighted by Gasteiger charge is 2.19. The van der Waals surface area contributed by atoms with Gasteiger partial charge in [0.25, 0.3) is 0 Å². The Labute approximate surface area is 173 Å². The minimum Gasteiger partial charge on any atom is -0.345 e. The minimum absolute atomic E-state index is 0.146. The third kappa shape index (κ3) is 4.89. The molecule has 1 atom stereocenters. The van der Waals surface area contributed by atoms with E-state index in [2.05, 4.69) is 26.6 Å². The minimum atomic E-state index is -0.459. The van der Waals surface area contributed by atoms with Gasteiger partial charge in [-0.25, -0.2) is 4.39 Å². The molecule has 0 aliphatic rings. The van der Waals surface area contributed by atoms with Crippen LogP contribution < -0.4 is 5.32 Å². The lowest BCUT2D eigenvalue weighted by Crippen LogP contribution is -2.27. The van der Waals surface area contributed by atoms with Gasteiger partial charge in [0.2, 0.25) is 17.6 Å². The topological polar surface area (TPSA) is 110 Å². The Morgan fingerprint density at radius 1 is 1.33 bits per heavy atom. The summed E-state index contributed by atoms with van der Waals surface area (Å²) in [7, 11) is 0. The molecule has 156 valence electrons. The molecular formula is C21H23FN6O2. The molecule has 0 aliphatic carbocycles. The largest absolute Gasteiger partial charge is 0.345 e. The summed E-state index contributed by atoms with van der Waals surface area (Å²) < 4.78 is 20.1. The first-order chi connectivity index (χ1) is 14.4. The summed E-state index contributed by atoms with van der Waals surface area (Å²) in [5.41, 5.74) is 3.49. The highest BCUT2D eigenvalue weighted by Crippen LogP contribution is 2.20. The number of aromatic nitrogens is 4. The molecule has 1 unspecified atom stereocenters. The maximum Gasteiger partial charge on any atom is 0.249 e. The quantitative estimate of drug-likeness (QED) is 0.609. The first kappa shape index (κ1) is 21.2. The van der Waals surface area contributed by atoms with Crippen molar-refractivity contribution in [2.75, 3.05) is 0 Å². The number of benzene rings is 1. The summed E-state index contributed by atoms with van der Waals surface area (Å²) in [6.07, 6.45) is 1.23. The van der Waals surface area contributed by atoms with Crippen LogP contribution in [0.3, 0.4) is 0 Å². The second-order valence-corrected chi connectivity index (χ2v) is 7.03. The van der Waals surface area contributed by atoms with Crippen molar-refractivity contribution < 1.29 is 13.7 Å². The lowest BCUT2D eigenvalue weighted by Gasteiger charge is -2.10. The molecule has 0 fully saturated rings. The fraction of sp³-hybridized carbons (Fsp3) is 0.381. The van der Waals surface area contributed by atoms with E-state index in [4.69, 9.17) is 9.78 Å². The van der Waals surface area contributed by atoms with Gasteiger partial charge in [-0.2, -0.15) is 15.3 Å². The Bertz CT molecular complexity index is 1060. The molecule has 0 aliphatic heterocycles. The van der Waals surface area contributed by atoms with E-state index in [1.54, 1.807) is 19.1 Å². The number of aryl methyl sites for hydroxylation is 2. The molecule has 0 saturated carbocycles. The van der Waals surface area contributed by atoms with Gasteiger partial charge in [0.15, 0.2) is 0 Å². The van der Waals surface area contributed by atoms with Crippen LogP contribution >= 0.6 is 0 Å². The summed E-state index contributed by atoms with van der Waals surface area (Å²) in [5, 5.41) is 19.9. The lowest BCUT2D eigenvalue weighted by molar-refractivity contribution is -0.121. The zero-order valence-electron chi connectivity index (χ0n) is 17.1. The second-order valence-electron chi connectivity index (χ2n) is 7.03. The summed E-state index contributed by atoms with van der Waals surface area (Å²) in [6.45, 7) is 6.15. The molecule has 1 amide bonds. The molecule has 0 radical (unpaired) electrons. The molecule has 9 heteroatoms. The molecule has 30 heavy (non-hydrogen) atoms. The number of rotatable bonds is 8. The predicted molar refractivity (Wildman–Crippen MR) is 107 cm³/mol. The number of hydrogen-bond acceptors (Lipinski definition) is 6. The smallest absolute Gasteiger partial charge is 0.249 e. The summed E-state index contributed by atoms with van der Waals surface area (Å²) in [5.74, 6) is 0.123. The van der Waals surface area contributed by atoms with Crippen molar-refractivity contribution in [2.45, 2.75) is 52.6 Å². The summed E-state index contributed by atoms with van der Waals surface area (Å²) >= 11 is 0. The molecule has 8 nitrogen and oxygen atoms in total. The van der Waals surface area contributed by atoms with E-state index in [9.17, 15) is 9.18 Å². The number of nitriles is 1. The third-order valence-electron chi connectivity index (χ3n) is 4.86. The van der Waals surface area contributed by atoms with Crippen LogP contribution in [-0.2, 0) is 17.8 Å². The Morgan fingerprint density at radius 3 is 2.77 bits per heavy atom. The van der Waals surface area contributed by atoms with Crippen LogP contribution in [0.25, 0.3) is 11.4 Å². The van der Waals surface area contributed by atoms with Crippen LogP contribution in [0.2, 0.25) is 0 Å². The van der Waals surface area contributed by atoms with E-state index in [-0.39, 0.29) is 24.0 Å². The molecule has 2 aromatic heterocycles. The third-order valence-corrected chi connectivity index (χ3v) is 4.86. The zero-order chi connectivity index (χ0) is 21.7. The van der Waals surface area contributed by atoms with E-state index < -0.39 is 6.04 Å². The van der Waals surface area contributed by atoms with Crippen molar-refractivity contribution >= 4 is 5.91 Å². The molecule has 0 bridgehead atoms. The van der Waals surface area contributed by atoms with Gasteiger partial charge in [0.1, 0.15) is 11.9 Å². The van der Waals surface area contributed by atoms with Crippen molar-refractivity contribution in [3.05, 3.63) is 52.9 Å². The van der Waals surface area contributed by atoms with Gasteiger partial charge in [-0.05, 0) is 57.0 Å². The second kappa shape index (κ2) is 9.31. The van der Waals surface area contributed by atoms with Crippen molar-refractivity contribution in [3.63, 3.8) is 0 Å². The first-order valence-corrected chi connectivity index (χ1v) is 9.67. The Balaban J connectivity index is 1.57. The number of nitrogens with zero attached hydrogens (tertiary/aromatic N) is 5. The molecule has 2 heterocycles. The average molecular weight is 410 g/mol. The molecule has 3 aromatic rings. The van der Waals surface area contributed by atoms with Gasteiger partial charge in [-0.3, -0.25) is 9.48 Å². The van der Waals surface area contributed by atoms with Crippen molar-refractivity contribution in [3.8, 4) is 17.5 Å². The van der Waals surface area contributed by atoms with E-state index in [1.165, 1.54) is 12.1 Å². The molecule has 0 saturated heterocycles. The first-order valence-electron chi connectivity index (χ1n) is 9.67. The average Bonchev–Trinajstić information content (AvgIpc) is 3.31. The SMILES string of the molecule is Cc1nn(CCC#N)c(C)c1CCC(=O)NC(C)c1nc(-c2ccc(F)cc2)no1. The maximum absolute atomic E-state index is 13.1. The van der Waals surface area contributed by atoms with Gasteiger partial charge in [0, 0.05) is 17.7 Å². The predicted octanol–water partition coefficient (Wildman–Crippen LogP) is 3.41. The Morgan fingerprint density at radius 2 is 2.07 bits per heavy atom. The normalized spacial score (nSPS) is 11.8. The van der Waals surface area contributed by atoms with Crippen molar-refractivity contribution in [2.24, 2.45) is 0 Å². The lowest BCUT2D eigenvalue weighted by atomic mass is 10.1. The van der Waals surface area contributed by atoms with Gasteiger partial charge in [0.05, 0.1) is 24.7 Å². The van der Waals surface area contributed by atoms with Gasteiger partial charge < -0.3 is 9.84 Å².